The minimum atomic E-state index is -0.604. The molecule has 2 unspecified atom stereocenters. The Morgan fingerprint density at radius 1 is 1.15 bits per heavy atom. The second-order valence-corrected chi connectivity index (χ2v) is 6.52. The quantitative estimate of drug-likeness (QED) is 0.657. The Morgan fingerprint density at radius 3 is 2.42 bits per heavy atom. The maximum absolute atomic E-state index is 11.2. The summed E-state index contributed by atoms with van der Waals surface area (Å²) < 4.78 is 10.4. The van der Waals surface area contributed by atoms with Gasteiger partial charge in [0.2, 0.25) is 0 Å². The summed E-state index contributed by atoms with van der Waals surface area (Å²) in [7, 11) is 1.37. The number of esters is 1. The van der Waals surface area contributed by atoms with Crippen LogP contribution >= 0.6 is 11.6 Å². The third kappa shape index (κ3) is 6.67. The number of aliphatic hydroxyl groups is 1. The van der Waals surface area contributed by atoms with Gasteiger partial charge in [-0.1, -0.05) is 35.9 Å². The van der Waals surface area contributed by atoms with E-state index in [1.54, 1.807) is 12.1 Å². The number of rotatable bonds is 9. The van der Waals surface area contributed by atoms with E-state index < -0.39 is 6.10 Å². The summed E-state index contributed by atoms with van der Waals surface area (Å²) in [6, 6.07) is 14.5. The van der Waals surface area contributed by atoms with Crippen molar-refractivity contribution in [1.82, 2.24) is 5.32 Å². The van der Waals surface area contributed by atoms with E-state index >= 15 is 0 Å². The summed E-state index contributed by atoms with van der Waals surface area (Å²) in [4.78, 5) is 11.2. The Kier molecular flexibility index (Phi) is 7.91. The van der Waals surface area contributed by atoms with Gasteiger partial charge in [-0.2, -0.15) is 0 Å². The Bertz CT molecular complexity index is 688. The number of aliphatic hydroxyl groups excluding tert-OH is 1. The second-order valence-electron chi connectivity index (χ2n) is 6.08. The van der Waals surface area contributed by atoms with E-state index in [1.165, 1.54) is 7.11 Å². The average molecular weight is 378 g/mol. The Balaban J connectivity index is 1.73. The number of carbonyl (C=O) groups is 1. The molecule has 0 saturated carbocycles. The normalized spacial score (nSPS) is 13.1. The summed E-state index contributed by atoms with van der Waals surface area (Å²) in [5.41, 5.74) is 1.69. The van der Waals surface area contributed by atoms with Gasteiger partial charge in [-0.25, -0.2) is 0 Å². The van der Waals surface area contributed by atoms with Crippen molar-refractivity contribution >= 4 is 17.6 Å². The predicted octanol–water partition coefficient (Wildman–Crippen LogP) is 3.15. The highest BCUT2D eigenvalue weighted by molar-refractivity contribution is 6.30. The highest BCUT2D eigenvalue weighted by atomic mass is 35.5. The molecule has 0 spiro atoms. The molecule has 26 heavy (non-hydrogen) atoms. The standard InChI is InChI=1S/C20H24ClNO4/c1-14(22-12-19(23)16-5-7-17(21)8-6-16)13-26-18-9-3-15(4-10-18)11-20(24)25-2/h3-10,14,19,22-23H,11-13H2,1-2H3. The van der Waals surface area contributed by atoms with Crippen molar-refractivity contribution in [3.05, 3.63) is 64.7 Å². The zero-order valence-corrected chi connectivity index (χ0v) is 15.7. The molecule has 5 nitrogen and oxygen atoms in total. The first-order valence-corrected chi connectivity index (χ1v) is 8.81. The minimum absolute atomic E-state index is 0.0618. The van der Waals surface area contributed by atoms with Crippen LogP contribution in [0.3, 0.4) is 0 Å². The molecule has 0 heterocycles. The van der Waals surface area contributed by atoms with Gasteiger partial charge in [0, 0.05) is 17.6 Å². The van der Waals surface area contributed by atoms with E-state index in [2.05, 4.69) is 10.1 Å². The van der Waals surface area contributed by atoms with Crippen LogP contribution in [0.5, 0.6) is 5.75 Å². The van der Waals surface area contributed by atoms with Crippen LogP contribution < -0.4 is 10.1 Å². The monoisotopic (exact) mass is 377 g/mol. The average Bonchev–Trinajstić information content (AvgIpc) is 2.66. The highest BCUT2D eigenvalue weighted by Gasteiger charge is 2.10. The molecule has 0 aromatic heterocycles. The van der Waals surface area contributed by atoms with E-state index in [9.17, 15) is 9.90 Å². The fraction of sp³-hybridized carbons (Fsp3) is 0.350. The van der Waals surface area contributed by atoms with Crippen LogP contribution in [0.4, 0.5) is 0 Å². The van der Waals surface area contributed by atoms with Crippen molar-refractivity contribution in [3.63, 3.8) is 0 Å². The zero-order valence-electron chi connectivity index (χ0n) is 14.9. The Hall–Kier alpha value is -2.08. The van der Waals surface area contributed by atoms with E-state index in [0.717, 1.165) is 16.9 Å². The first-order valence-electron chi connectivity index (χ1n) is 8.43. The van der Waals surface area contributed by atoms with Crippen LogP contribution in [0.25, 0.3) is 0 Å². The van der Waals surface area contributed by atoms with E-state index in [0.29, 0.717) is 18.2 Å². The number of benzene rings is 2. The van der Waals surface area contributed by atoms with Gasteiger partial charge < -0.3 is 19.9 Å². The summed E-state index contributed by atoms with van der Waals surface area (Å²) in [6.07, 6.45) is -0.357. The van der Waals surface area contributed by atoms with Crippen LogP contribution in [0.1, 0.15) is 24.2 Å². The minimum Gasteiger partial charge on any atom is -0.492 e. The van der Waals surface area contributed by atoms with Gasteiger partial charge in [-0.15, -0.1) is 0 Å². The highest BCUT2D eigenvalue weighted by Crippen LogP contribution is 2.16. The molecule has 0 radical (unpaired) electrons. The lowest BCUT2D eigenvalue weighted by Crippen LogP contribution is -2.34. The first kappa shape index (κ1) is 20.2. The lowest BCUT2D eigenvalue weighted by Gasteiger charge is -2.18. The summed E-state index contributed by atoms with van der Waals surface area (Å²) in [5, 5.41) is 14.1. The number of hydrogen-bond acceptors (Lipinski definition) is 5. The van der Waals surface area contributed by atoms with E-state index in [-0.39, 0.29) is 18.4 Å². The zero-order chi connectivity index (χ0) is 18.9. The molecule has 0 fully saturated rings. The van der Waals surface area contributed by atoms with Gasteiger partial charge >= 0.3 is 5.97 Å². The predicted molar refractivity (Wildman–Crippen MR) is 102 cm³/mol. The van der Waals surface area contributed by atoms with Crippen molar-refractivity contribution in [2.24, 2.45) is 0 Å². The molecular formula is C20H24ClNO4. The molecular weight excluding hydrogens is 354 g/mol. The maximum atomic E-state index is 11.2. The van der Waals surface area contributed by atoms with Crippen LogP contribution in [-0.4, -0.2) is 37.4 Å². The van der Waals surface area contributed by atoms with E-state index in [1.807, 2.05) is 43.3 Å². The number of ether oxygens (including phenoxy) is 2. The van der Waals surface area contributed by atoms with Crippen LogP contribution in [0.2, 0.25) is 5.02 Å². The molecule has 0 aliphatic rings. The largest absolute Gasteiger partial charge is 0.492 e. The molecule has 0 bridgehead atoms. The van der Waals surface area contributed by atoms with Crippen molar-refractivity contribution in [2.45, 2.75) is 25.5 Å². The SMILES string of the molecule is COC(=O)Cc1ccc(OCC(C)NCC(O)c2ccc(Cl)cc2)cc1. The van der Waals surface area contributed by atoms with Crippen LogP contribution in [0, 0.1) is 0 Å². The van der Waals surface area contributed by atoms with Crippen LogP contribution in [0.15, 0.2) is 48.5 Å². The second kappa shape index (κ2) is 10.2. The van der Waals surface area contributed by atoms with Crippen molar-refractivity contribution < 1.29 is 19.4 Å². The molecule has 2 aromatic carbocycles. The van der Waals surface area contributed by atoms with Crippen molar-refractivity contribution in [2.75, 3.05) is 20.3 Å². The molecule has 0 aliphatic heterocycles. The van der Waals surface area contributed by atoms with Gasteiger partial charge in [0.15, 0.2) is 0 Å². The number of carbonyl (C=O) groups excluding carboxylic acids is 1. The summed E-state index contributed by atoms with van der Waals surface area (Å²) in [6.45, 7) is 2.87. The fourth-order valence-electron chi connectivity index (χ4n) is 2.34. The van der Waals surface area contributed by atoms with Crippen molar-refractivity contribution in [3.8, 4) is 5.75 Å². The number of methoxy groups -OCH3 is 1. The number of nitrogens with one attached hydrogen (secondary N) is 1. The summed E-state index contributed by atoms with van der Waals surface area (Å²) >= 11 is 5.85. The number of hydrogen-bond donors (Lipinski definition) is 2. The molecule has 6 heteroatoms. The topological polar surface area (TPSA) is 67.8 Å². The lowest BCUT2D eigenvalue weighted by atomic mass is 10.1. The maximum Gasteiger partial charge on any atom is 0.309 e. The molecule has 2 atom stereocenters. The molecule has 2 N–H and O–H groups in total. The fourth-order valence-corrected chi connectivity index (χ4v) is 2.46. The van der Waals surface area contributed by atoms with Gasteiger partial charge in [-0.3, -0.25) is 4.79 Å². The molecule has 2 aromatic rings. The van der Waals surface area contributed by atoms with E-state index in [4.69, 9.17) is 16.3 Å². The summed E-state index contributed by atoms with van der Waals surface area (Å²) in [5.74, 6) is 0.459. The molecule has 0 aliphatic carbocycles. The Labute approximate surface area is 158 Å². The molecule has 0 saturated heterocycles. The third-order valence-electron chi connectivity index (χ3n) is 3.91. The smallest absolute Gasteiger partial charge is 0.309 e. The van der Waals surface area contributed by atoms with Gasteiger partial charge in [0.25, 0.3) is 0 Å². The first-order chi connectivity index (χ1) is 12.5. The number of halogens is 1. The molecule has 0 amide bonds. The molecule has 140 valence electrons. The van der Waals surface area contributed by atoms with Crippen LogP contribution in [-0.2, 0) is 16.0 Å². The van der Waals surface area contributed by atoms with Gasteiger partial charge in [0.1, 0.15) is 12.4 Å². The van der Waals surface area contributed by atoms with Gasteiger partial charge in [0.05, 0.1) is 19.6 Å². The third-order valence-corrected chi connectivity index (χ3v) is 4.17. The lowest BCUT2D eigenvalue weighted by molar-refractivity contribution is -0.139. The van der Waals surface area contributed by atoms with Crippen molar-refractivity contribution in [1.29, 1.82) is 0 Å². The van der Waals surface area contributed by atoms with Gasteiger partial charge in [-0.05, 0) is 42.3 Å². The Morgan fingerprint density at radius 2 is 1.81 bits per heavy atom. The molecule has 2 rings (SSSR count).